The number of hydrogen-bond acceptors (Lipinski definition) is 2. The fourth-order valence-corrected chi connectivity index (χ4v) is 2.56. The molecule has 18 heavy (non-hydrogen) atoms. The highest BCUT2D eigenvalue weighted by molar-refractivity contribution is 9.10. The summed E-state index contributed by atoms with van der Waals surface area (Å²) in [4.78, 5) is 0. The number of halogens is 2. The van der Waals surface area contributed by atoms with E-state index < -0.39 is 0 Å². The van der Waals surface area contributed by atoms with Crippen LogP contribution in [0.25, 0.3) is 11.0 Å². The van der Waals surface area contributed by atoms with E-state index in [1.165, 1.54) is 6.07 Å². The Bertz CT molecular complexity index is 532. The van der Waals surface area contributed by atoms with Crippen molar-refractivity contribution in [2.75, 3.05) is 7.05 Å². The average Bonchev–Trinajstić information content (AvgIpc) is 2.60. The highest BCUT2D eigenvalue weighted by atomic mass is 79.9. The molecule has 2 aromatic rings. The lowest BCUT2D eigenvalue weighted by molar-refractivity contribution is 0.253. The van der Waals surface area contributed by atoms with Crippen molar-refractivity contribution in [3.05, 3.63) is 34.2 Å². The number of hydrogen-bond donors (Lipinski definition) is 1. The average molecular weight is 314 g/mol. The van der Waals surface area contributed by atoms with Crippen LogP contribution in [0.2, 0.25) is 0 Å². The molecule has 0 bridgehead atoms. The summed E-state index contributed by atoms with van der Waals surface area (Å²) in [5.41, 5.74) is 0.605. The maximum atomic E-state index is 13.5. The van der Waals surface area contributed by atoms with E-state index in [9.17, 15) is 4.39 Å². The van der Waals surface area contributed by atoms with Crippen molar-refractivity contribution in [2.45, 2.75) is 26.8 Å². The molecule has 2 nitrogen and oxygen atoms in total. The van der Waals surface area contributed by atoms with Crippen LogP contribution >= 0.6 is 15.9 Å². The van der Waals surface area contributed by atoms with E-state index in [4.69, 9.17) is 4.42 Å². The van der Waals surface area contributed by atoms with Crippen LogP contribution in [-0.4, -0.2) is 7.05 Å². The molecule has 0 radical (unpaired) electrons. The van der Waals surface area contributed by atoms with E-state index >= 15 is 0 Å². The van der Waals surface area contributed by atoms with E-state index in [1.807, 2.05) is 13.1 Å². The molecule has 0 aliphatic heterocycles. The third-order valence-corrected chi connectivity index (χ3v) is 3.63. The third-order valence-electron chi connectivity index (χ3n) is 3.02. The number of fused-ring (bicyclic) bond motifs is 1. The molecule has 0 aliphatic carbocycles. The molecule has 1 unspecified atom stereocenters. The van der Waals surface area contributed by atoms with Gasteiger partial charge in [-0.3, -0.25) is 0 Å². The number of rotatable bonds is 2. The van der Waals surface area contributed by atoms with Gasteiger partial charge in [0.05, 0.1) is 10.5 Å². The summed E-state index contributed by atoms with van der Waals surface area (Å²) >= 11 is 3.19. The van der Waals surface area contributed by atoms with Crippen LogP contribution in [0.4, 0.5) is 4.39 Å². The maximum absolute atomic E-state index is 13.5. The molecule has 1 heterocycles. The van der Waals surface area contributed by atoms with Crippen molar-refractivity contribution in [2.24, 2.45) is 5.41 Å². The standard InChI is InChI=1S/C14H17BrFNO/c1-14(2,3)13(17-4)12-6-8-5-9(15)10(16)7-11(8)18-12/h5-7,13,17H,1-4H3. The highest BCUT2D eigenvalue weighted by Gasteiger charge is 2.27. The summed E-state index contributed by atoms with van der Waals surface area (Å²) in [5.74, 6) is 0.526. The molecule has 1 aromatic heterocycles. The Morgan fingerprint density at radius 1 is 1.28 bits per heavy atom. The molecule has 2 rings (SSSR count). The van der Waals surface area contributed by atoms with Gasteiger partial charge in [0.1, 0.15) is 17.2 Å². The van der Waals surface area contributed by atoms with Crippen LogP contribution in [0, 0.1) is 11.2 Å². The lowest BCUT2D eigenvalue weighted by Gasteiger charge is -2.28. The summed E-state index contributed by atoms with van der Waals surface area (Å²) in [7, 11) is 1.90. The van der Waals surface area contributed by atoms with Gasteiger partial charge in [-0.1, -0.05) is 20.8 Å². The van der Waals surface area contributed by atoms with Gasteiger partial charge < -0.3 is 9.73 Å². The van der Waals surface area contributed by atoms with Crippen LogP contribution < -0.4 is 5.32 Å². The zero-order valence-electron chi connectivity index (χ0n) is 11.0. The summed E-state index contributed by atoms with van der Waals surface area (Å²) in [6, 6.07) is 5.21. The summed E-state index contributed by atoms with van der Waals surface area (Å²) in [6.07, 6.45) is 0. The predicted octanol–water partition coefficient (Wildman–Crippen LogP) is 4.64. The van der Waals surface area contributed by atoms with Crippen molar-refractivity contribution < 1.29 is 8.81 Å². The first-order valence-electron chi connectivity index (χ1n) is 5.88. The minimum Gasteiger partial charge on any atom is -0.459 e. The van der Waals surface area contributed by atoms with Gasteiger partial charge in [-0.25, -0.2) is 4.39 Å². The Morgan fingerprint density at radius 3 is 2.50 bits per heavy atom. The smallest absolute Gasteiger partial charge is 0.141 e. The highest BCUT2D eigenvalue weighted by Crippen LogP contribution is 2.36. The summed E-state index contributed by atoms with van der Waals surface area (Å²) in [5, 5.41) is 4.15. The summed E-state index contributed by atoms with van der Waals surface area (Å²) in [6.45, 7) is 6.41. The van der Waals surface area contributed by atoms with Crippen molar-refractivity contribution in [3.8, 4) is 0 Å². The van der Waals surface area contributed by atoms with Gasteiger partial charge in [0, 0.05) is 11.5 Å². The SMILES string of the molecule is CNC(c1cc2cc(Br)c(F)cc2o1)C(C)(C)C. The van der Waals surface area contributed by atoms with E-state index in [-0.39, 0.29) is 17.3 Å². The number of furan rings is 1. The van der Waals surface area contributed by atoms with Crippen LogP contribution in [0.1, 0.15) is 32.6 Å². The molecule has 1 aromatic carbocycles. The van der Waals surface area contributed by atoms with Crippen molar-refractivity contribution >= 4 is 26.9 Å². The van der Waals surface area contributed by atoms with Gasteiger partial charge in [-0.15, -0.1) is 0 Å². The quantitative estimate of drug-likeness (QED) is 0.873. The van der Waals surface area contributed by atoms with Gasteiger partial charge in [0.15, 0.2) is 0 Å². The number of nitrogens with one attached hydrogen (secondary N) is 1. The van der Waals surface area contributed by atoms with Crippen LogP contribution in [0.5, 0.6) is 0 Å². The molecule has 1 N–H and O–H groups in total. The first kappa shape index (κ1) is 13.6. The summed E-state index contributed by atoms with van der Waals surface area (Å²) < 4.78 is 19.7. The van der Waals surface area contributed by atoms with Crippen molar-refractivity contribution in [3.63, 3.8) is 0 Å². The fourth-order valence-electron chi connectivity index (χ4n) is 2.20. The Morgan fingerprint density at radius 2 is 1.94 bits per heavy atom. The normalized spacial score (nSPS) is 14.1. The van der Waals surface area contributed by atoms with Gasteiger partial charge in [0.25, 0.3) is 0 Å². The van der Waals surface area contributed by atoms with Crippen molar-refractivity contribution in [1.29, 1.82) is 0 Å². The second-order valence-corrected chi connectivity index (χ2v) is 6.39. The lowest BCUT2D eigenvalue weighted by atomic mass is 9.85. The fraction of sp³-hybridized carbons (Fsp3) is 0.429. The monoisotopic (exact) mass is 313 g/mol. The second-order valence-electron chi connectivity index (χ2n) is 5.54. The molecular formula is C14H17BrFNO. The topological polar surface area (TPSA) is 25.2 Å². The minimum atomic E-state index is -0.305. The molecule has 0 spiro atoms. The third kappa shape index (κ3) is 2.45. The lowest BCUT2D eigenvalue weighted by Crippen LogP contribution is -2.29. The van der Waals surface area contributed by atoms with Crippen LogP contribution in [0.15, 0.2) is 27.1 Å². The molecule has 0 saturated heterocycles. The molecule has 0 amide bonds. The molecule has 4 heteroatoms. The van der Waals surface area contributed by atoms with E-state index in [0.717, 1.165) is 11.1 Å². The number of benzene rings is 1. The Balaban J connectivity index is 2.53. The van der Waals surface area contributed by atoms with E-state index in [2.05, 4.69) is 42.0 Å². The maximum Gasteiger partial charge on any atom is 0.141 e. The van der Waals surface area contributed by atoms with Gasteiger partial charge in [-0.2, -0.15) is 0 Å². The first-order chi connectivity index (χ1) is 8.32. The molecule has 0 fully saturated rings. The van der Waals surface area contributed by atoms with Gasteiger partial charge in [0.2, 0.25) is 0 Å². The molecule has 0 aliphatic rings. The van der Waals surface area contributed by atoms with Gasteiger partial charge in [-0.05, 0) is 40.5 Å². The zero-order chi connectivity index (χ0) is 13.5. The van der Waals surface area contributed by atoms with Gasteiger partial charge >= 0.3 is 0 Å². The first-order valence-corrected chi connectivity index (χ1v) is 6.68. The van der Waals surface area contributed by atoms with E-state index in [0.29, 0.717) is 10.1 Å². The molecule has 98 valence electrons. The second kappa shape index (κ2) is 4.67. The molecular weight excluding hydrogens is 297 g/mol. The predicted molar refractivity (Wildman–Crippen MR) is 75.1 cm³/mol. The van der Waals surface area contributed by atoms with E-state index in [1.54, 1.807) is 6.07 Å². The Labute approximate surface area is 115 Å². The Hall–Kier alpha value is -0.870. The molecule has 0 saturated carbocycles. The minimum absolute atomic E-state index is 0.0262. The zero-order valence-corrected chi connectivity index (χ0v) is 12.6. The largest absolute Gasteiger partial charge is 0.459 e. The van der Waals surface area contributed by atoms with Crippen LogP contribution in [-0.2, 0) is 0 Å². The van der Waals surface area contributed by atoms with Crippen LogP contribution in [0.3, 0.4) is 0 Å². The van der Waals surface area contributed by atoms with Crippen molar-refractivity contribution in [1.82, 2.24) is 5.32 Å². The molecule has 1 atom stereocenters. The Kier molecular flexibility index (Phi) is 3.52.